The second kappa shape index (κ2) is 10.6. The minimum atomic E-state index is -0.430. The zero-order valence-corrected chi connectivity index (χ0v) is 21.1. The third-order valence-corrected chi connectivity index (χ3v) is 6.64. The number of nitrogens with zero attached hydrogens (tertiary/aromatic N) is 5. The summed E-state index contributed by atoms with van der Waals surface area (Å²) in [4.78, 5) is 39.0. The topological polar surface area (TPSA) is 102 Å². The summed E-state index contributed by atoms with van der Waals surface area (Å²) >= 11 is 1.30. The molecule has 0 spiro atoms. The van der Waals surface area contributed by atoms with Crippen molar-refractivity contribution in [2.24, 2.45) is 4.99 Å². The molecule has 184 valence electrons. The predicted octanol–water partition coefficient (Wildman–Crippen LogP) is 5.18. The van der Waals surface area contributed by atoms with Gasteiger partial charge in [0.25, 0.3) is 5.56 Å². The summed E-state index contributed by atoms with van der Waals surface area (Å²) in [6.07, 6.45) is 3.06. The molecule has 2 aromatic carbocycles. The lowest BCUT2D eigenvalue weighted by Gasteiger charge is -2.10. The van der Waals surface area contributed by atoms with E-state index in [0.717, 1.165) is 27.9 Å². The molecule has 0 saturated heterocycles. The molecule has 1 N–H and O–H groups in total. The van der Waals surface area contributed by atoms with E-state index in [4.69, 9.17) is 4.99 Å². The van der Waals surface area contributed by atoms with Crippen LogP contribution in [0, 0.1) is 0 Å². The number of rotatable bonds is 7. The summed E-state index contributed by atoms with van der Waals surface area (Å²) in [5.41, 5.74) is 3.17. The van der Waals surface area contributed by atoms with Gasteiger partial charge in [-0.25, -0.2) is 19.6 Å². The van der Waals surface area contributed by atoms with Crippen molar-refractivity contribution in [2.45, 2.75) is 26.3 Å². The second-order valence-corrected chi connectivity index (χ2v) is 9.67. The van der Waals surface area contributed by atoms with Crippen LogP contribution in [0.5, 0.6) is 0 Å². The highest BCUT2D eigenvalue weighted by molar-refractivity contribution is 7.22. The second-order valence-electron chi connectivity index (χ2n) is 8.64. The third kappa shape index (κ3) is 5.36. The van der Waals surface area contributed by atoms with Gasteiger partial charge in [-0.05, 0) is 18.1 Å². The summed E-state index contributed by atoms with van der Waals surface area (Å²) < 4.78 is 1.72. The number of amides is 1. The van der Waals surface area contributed by atoms with Crippen molar-refractivity contribution in [3.63, 3.8) is 0 Å². The standard InChI is InChI=1S/C28H24N6O2S/c1-18(2)24-21-16-23(32-25(19-10-5-3-6-11-19)20-12-7-4-8-13-20)37-26(21)27(36)34(33-24)17-22(35)31-28-29-14-9-15-30-28/h3-16,18H,17H2,1-2H3,(H,29,30,31,35). The summed E-state index contributed by atoms with van der Waals surface area (Å²) in [5, 5.41) is 8.60. The number of nitrogens with one attached hydrogen (secondary N) is 1. The number of aliphatic imine (C=N–C) groups is 1. The van der Waals surface area contributed by atoms with Gasteiger partial charge in [0.15, 0.2) is 0 Å². The molecule has 5 aromatic rings. The average Bonchev–Trinajstić information content (AvgIpc) is 3.34. The molecule has 3 heterocycles. The van der Waals surface area contributed by atoms with Gasteiger partial charge in [0.1, 0.15) is 16.2 Å². The van der Waals surface area contributed by atoms with Crippen LogP contribution in [-0.4, -0.2) is 31.4 Å². The Labute approximate surface area is 217 Å². The van der Waals surface area contributed by atoms with Crippen LogP contribution >= 0.6 is 11.3 Å². The zero-order valence-electron chi connectivity index (χ0n) is 20.3. The van der Waals surface area contributed by atoms with E-state index >= 15 is 0 Å². The van der Waals surface area contributed by atoms with Crippen molar-refractivity contribution in [2.75, 3.05) is 5.32 Å². The first-order valence-electron chi connectivity index (χ1n) is 11.8. The Morgan fingerprint density at radius 3 is 2.19 bits per heavy atom. The number of hydrogen-bond donors (Lipinski definition) is 1. The molecule has 0 atom stereocenters. The number of carbonyl (C=O) groups excluding carboxylic acids is 1. The molecule has 0 unspecified atom stereocenters. The Morgan fingerprint density at radius 1 is 0.973 bits per heavy atom. The number of fused-ring (bicyclic) bond motifs is 1. The van der Waals surface area contributed by atoms with E-state index in [1.807, 2.05) is 80.6 Å². The van der Waals surface area contributed by atoms with Crippen LogP contribution < -0.4 is 10.9 Å². The molecule has 37 heavy (non-hydrogen) atoms. The molecular weight excluding hydrogens is 484 g/mol. The van der Waals surface area contributed by atoms with Crippen molar-refractivity contribution < 1.29 is 4.79 Å². The molecule has 9 heteroatoms. The van der Waals surface area contributed by atoms with Crippen LogP contribution in [0.1, 0.15) is 36.6 Å². The van der Waals surface area contributed by atoms with E-state index in [9.17, 15) is 9.59 Å². The van der Waals surface area contributed by atoms with E-state index in [-0.39, 0.29) is 24.0 Å². The molecular formula is C28H24N6O2S. The highest BCUT2D eigenvalue weighted by atomic mass is 32.1. The van der Waals surface area contributed by atoms with E-state index < -0.39 is 5.91 Å². The molecule has 0 bridgehead atoms. The van der Waals surface area contributed by atoms with Crippen molar-refractivity contribution in [1.29, 1.82) is 0 Å². The van der Waals surface area contributed by atoms with E-state index in [0.29, 0.717) is 9.70 Å². The van der Waals surface area contributed by atoms with Crippen LogP contribution in [0.4, 0.5) is 10.9 Å². The number of hydrogen-bond acceptors (Lipinski definition) is 7. The average molecular weight is 509 g/mol. The Kier molecular flexibility index (Phi) is 6.96. The van der Waals surface area contributed by atoms with Gasteiger partial charge in [0.05, 0.1) is 11.4 Å². The number of thiophene rings is 1. The first-order chi connectivity index (χ1) is 18.0. The Bertz CT molecular complexity index is 1590. The van der Waals surface area contributed by atoms with Gasteiger partial charge in [0.2, 0.25) is 11.9 Å². The van der Waals surface area contributed by atoms with E-state index in [2.05, 4.69) is 20.4 Å². The highest BCUT2D eigenvalue weighted by Crippen LogP contribution is 2.34. The quantitative estimate of drug-likeness (QED) is 0.305. The smallest absolute Gasteiger partial charge is 0.285 e. The number of anilines is 1. The predicted molar refractivity (Wildman–Crippen MR) is 147 cm³/mol. The largest absolute Gasteiger partial charge is 0.293 e. The minimum Gasteiger partial charge on any atom is -0.293 e. The fourth-order valence-corrected chi connectivity index (χ4v) is 4.91. The van der Waals surface area contributed by atoms with Gasteiger partial charge >= 0.3 is 0 Å². The summed E-state index contributed by atoms with van der Waals surface area (Å²) in [7, 11) is 0. The van der Waals surface area contributed by atoms with Crippen molar-refractivity contribution in [1.82, 2.24) is 19.7 Å². The first-order valence-corrected chi connectivity index (χ1v) is 12.6. The number of aromatic nitrogens is 4. The summed E-state index contributed by atoms with van der Waals surface area (Å²) in [6, 6.07) is 23.5. The van der Waals surface area contributed by atoms with E-state index in [1.165, 1.54) is 28.4 Å². The van der Waals surface area contributed by atoms with Crippen molar-refractivity contribution in [3.8, 4) is 0 Å². The monoisotopic (exact) mass is 508 g/mol. The van der Waals surface area contributed by atoms with Gasteiger partial charge in [-0.15, -0.1) is 11.3 Å². The lowest BCUT2D eigenvalue weighted by molar-refractivity contribution is -0.117. The van der Waals surface area contributed by atoms with Gasteiger partial charge in [-0.3, -0.25) is 14.9 Å². The Balaban J connectivity index is 1.57. The normalized spacial score (nSPS) is 11.0. The van der Waals surface area contributed by atoms with Crippen LogP contribution in [0.2, 0.25) is 0 Å². The molecule has 0 saturated carbocycles. The minimum absolute atomic E-state index is 0.0315. The SMILES string of the molecule is CC(C)c1nn(CC(=O)Nc2ncccn2)c(=O)c2sc(N=C(c3ccccc3)c3ccccc3)cc12. The maximum Gasteiger partial charge on any atom is 0.285 e. The van der Waals surface area contributed by atoms with Crippen LogP contribution in [0.15, 0.2) is 95.0 Å². The third-order valence-electron chi connectivity index (χ3n) is 5.63. The molecule has 0 aliphatic carbocycles. The lowest BCUT2D eigenvalue weighted by atomic mass is 10.0. The van der Waals surface area contributed by atoms with Crippen LogP contribution in [-0.2, 0) is 11.3 Å². The molecule has 1 amide bonds. The number of benzene rings is 2. The molecule has 0 aliphatic rings. The molecule has 3 aromatic heterocycles. The van der Waals surface area contributed by atoms with Gasteiger partial charge < -0.3 is 0 Å². The Morgan fingerprint density at radius 2 is 1.59 bits per heavy atom. The summed E-state index contributed by atoms with van der Waals surface area (Å²) in [6.45, 7) is 3.77. The van der Waals surface area contributed by atoms with Crippen molar-refractivity contribution in [3.05, 3.63) is 112 Å². The van der Waals surface area contributed by atoms with Crippen LogP contribution in [0.25, 0.3) is 10.1 Å². The van der Waals surface area contributed by atoms with Crippen molar-refractivity contribution >= 4 is 44.0 Å². The lowest BCUT2D eigenvalue weighted by Crippen LogP contribution is -2.30. The molecule has 0 aliphatic heterocycles. The van der Waals surface area contributed by atoms with Gasteiger partial charge in [-0.2, -0.15) is 5.10 Å². The summed E-state index contributed by atoms with van der Waals surface area (Å²) in [5.74, 6) is -0.225. The fourth-order valence-electron chi connectivity index (χ4n) is 3.92. The van der Waals surface area contributed by atoms with Crippen LogP contribution in [0.3, 0.4) is 0 Å². The molecule has 0 radical (unpaired) electrons. The molecule has 8 nitrogen and oxygen atoms in total. The van der Waals surface area contributed by atoms with Gasteiger partial charge in [-0.1, -0.05) is 74.5 Å². The Hall–Kier alpha value is -4.50. The molecule has 0 fully saturated rings. The fraction of sp³-hybridized carbons (Fsp3) is 0.143. The highest BCUT2D eigenvalue weighted by Gasteiger charge is 2.19. The number of carbonyl (C=O) groups is 1. The zero-order chi connectivity index (χ0) is 25.8. The first kappa shape index (κ1) is 24.2. The maximum absolute atomic E-state index is 13.4. The van der Waals surface area contributed by atoms with Gasteiger partial charge in [0, 0.05) is 28.9 Å². The molecule has 5 rings (SSSR count). The van der Waals surface area contributed by atoms with E-state index in [1.54, 1.807) is 6.07 Å². The maximum atomic E-state index is 13.4.